The first-order valence-electron chi connectivity index (χ1n) is 5.38. The number of hydrogen-bond acceptors (Lipinski definition) is 2. The number of urea groups is 1. The zero-order chi connectivity index (χ0) is 12.9. The Hall–Kier alpha value is -1.26. The first kappa shape index (κ1) is 14.7. The van der Waals surface area contributed by atoms with E-state index in [1.807, 2.05) is 0 Å². The molecule has 5 heteroatoms. The molecule has 0 aliphatic rings. The average molecular weight is 230 g/mol. The van der Waals surface area contributed by atoms with Gasteiger partial charge in [-0.15, -0.1) is 0 Å². The molecule has 0 saturated heterocycles. The third kappa shape index (κ3) is 5.58. The molecule has 2 N–H and O–H groups in total. The number of amides is 2. The van der Waals surface area contributed by atoms with Crippen LogP contribution in [-0.2, 0) is 4.79 Å². The van der Waals surface area contributed by atoms with Gasteiger partial charge in [-0.1, -0.05) is 20.8 Å². The highest BCUT2D eigenvalue weighted by Crippen LogP contribution is 2.16. The van der Waals surface area contributed by atoms with E-state index in [9.17, 15) is 9.59 Å². The highest BCUT2D eigenvalue weighted by atomic mass is 16.4. The molecule has 0 bridgehead atoms. The van der Waals surface area contributed by atoms with Gasteiger partial charge in [-0.05, 0) is 18.8 Å². The van der Waals surface area contributed by atoms with Crippen molar-refractivity contribution in [3.8, 4) is 0 Å². The second-order valence-corrected chi connectivity index (χ2v) is 5.17. The standard InChI is InChI=1S/C11H22N2O3/c1-8(9(14)15)13(5)10(16)12-7-6-11(2,3)4/h8H,6-7H2,1-5H3,(H,12,16)(H,14,15). The minimum absolute atomic E-state index is 0.157. The van der Waals surface area contributed by atoms with Gasteiger partial charge in [0, 0.05) is 13.6 Å². The second-order valence-electron chi connectivity index (χ2n) is 5.17. The molecule has 5 nitrogen and oxygen atoms in total. The van der Waals surface area contributed by atoms with Gasteiger partial charge < -0.3 is 15.3 Å². The van der Waals surface area contributed by atoms with Crippen LogP contribution in [0.3, 0.4) is 0 Å². The summed E-state index contributed by atoms with van der Waals surface area (Å²) in [6.07, 6.45) is 0.855. The van der Waals surface area contributed by atoms with Crippen LogP contribution in [0.1, 0.15) is 34.1 Å². The molecule has 1 atom stereocenters. The Morgan fingerprint density at radius 3 is 2.25 bits per heavy atom. The van der Waals surface area contributed by atoms with Crippen LogP contribution in [0.2, 0.25) is 0 Å². The summed E-state index contributed by atoms with van der Waals surface area (Å²) in [4.78, 5) is 23.4. The highest BCUT2D eigenvalue weighted by Gasteiger charge is 2.21. The number of carbonyl (C=O) groups excluding carboxylic acids is 1. The summed E-state index contributed by atoms with van der Waals surface area (Å²) in [7, 11) is 1.48. The highest BCUT2D eigenvalue weighted by molar-refractivity contribution is 5.82. The second kappa shape index (κ2) is 5.72. The molecule has 94 valence electrons. The normalized spacial score (nSPS) is 13.1. The van der Waals surface area contributed by atoms with E-state index in [2.05, 4.69) is 26.1 Å². The molecule has 0 fully saturated rings. The summed E-state index contributed by atoms with van der Waals surface area (Å²) in [5.74, 6) is -1.01. The average Bonchev–Trinajstić information content (AvgIpc) is 2.13. The lowest BCUT2D eigenvalue weighted by Gasteiger charge is -2.23. The fourth-order valence-electron chi connectivity index (χ4n) is 1.01. The van der Waals surface area contributed by atoms with Gasteiger partial charge in [-0.25, -0.2) is 9.59 Å². The van der Waals surface area contributed by atoms with E-state index in [-0.39, 0.29) is 11.4 Å². The summed E-state index contributed by atoms with van der Waals surface area (Å²) in [6.45, 7) is 8.29. The van der Waals surface area contributed by atoms with E-state index in [0.29, 0.717) is 6.54 Å². The van der Waals surface area contributed by atoms with Crippen molar-refractivity contribution in [2.75, 3.05) is 13.6 Å². The predicted octanol–water partition coefficient (Wildman–Crippen LogP) is 1.54. The van der Waals surface area contributed by atoms with Gasteiger partial charge in [0.2, 0.25) is 0 Å². The molecule has 0 spiro atoms. The van der Waals surface area contributed by atoms with E-state index in [1.165, 1.54) is 18.9 Å². The number of carboxylic acid groups (broad SMARTS) is 1. The molecule has 0 radical (unpaired) electrons. The topological polar surface area (TPSA) is 69.6 Å². The summed E-state index contributed by atoms with van der Waals surface area (Å²) in [6, 6.07) is -1.16. The van der Waals surface area contributed by atoms with Gasteiger partial charge in [0.15, 0.2) is 0 Å². The number of carboxylic acids is 1. The maximum absolute atomic E-state index is 11.5. The summed E-state index contributed by atoms with van der Waals surface area (Å²) >= 11 is 0. The molecular formula is C11H22N2O3. The Morgan fingerprint density at radius 2 is 1.88 bits per heavy atom. The number of aliphatic carboxylic acids is 1. The van der Waals surface area contributed by atoms with Crippen LogP contribution in [-0.4, -0.2) is 41.6 Å². The van der Waals surface area contributed by atoms with Gasteiger partial charge in [-0.3, -0.25) is 0 Å². The Bertz CT molecular complexity index is 258. The lowest BCUT2D eigenvalue weighted by molar-refractivity contribution is -0.141. The summed E-state index contributed by atoms with van der Waals surface area (Å²) in [5, 5.41) is 11.4. The van der Waals surface area contributed by atoms with Crippen LogP contribution in [0.15, 0.2) is 0 Å². The Morgan fingerprint density at radius 1 is 1.38 bits per heavy atom. The number of nitrogens with zero attached hydrogens (tertiary/aromatic N) is 1. The van der Waals surface area contributed by atoms with Crippen molar-refractivity contribution >= 4 is 12.0 Å². The predicted molar refractivity (Wildman–Crippen MR) is 62.3 cm³/mol. The fourth-order valence-corrected chi connectivity index (χ4v) is 1.01. The van der Waals surface area contributed by atoms with E-state index >= 15 is 0 Å². The lowest BCUT2D eigenvalue weighted by Crippen LogP contribution is -2.46. The van der Waals surface area contributed by atoms with Crippen molar-refractivity contribution in [1.29, 1.82) is 0 Å². The number of carbonyl (C=O) groups is 2. The number of likely N-dealkylation sites (N-methyl/N-ethyl adjacent to an activating group) is 1. The van der Waals surface area contributed by atoms with Crippen LogP contribution >= 0.6 is 0 Å². The minimum atomic E-state index is -1.01. The van der Waals surface area contributed by atoms with E-state index < -0.39 is 12.0 Å². The third-order valence-electron chi connectivity index (χ3n) is 2.41. The lowest BCUT2D eigenvalue weighted by atomic mass is 9.92. The fraction of sp³-hybridized carbons (Fsp3) is 0.818. The molecule has 1 unspecified atom stereocenters. The van der Waals surface area contributed by atoms with E-state index in [4.69, 9.17) is 5.11 Å². The molecular weight excluding hydrogens is 208 g/mol. The smallest absolute Gasteiger partial charge is 0.326 e. The molecule has 2 amide bonds. The third-order valence-corrected chi connectivity index (χ3v) is 2.41. The molecule has 0 saturated carbocycles. The van der Waals surface area contributed by atoms with Gasteiger partial charge in [0.1, 0.15) is 6.04 Å². The van der Waals surface area contributed by atoms with Gasteiger partial charge in [0.05, 0.1) is 0 Å². The van der Waals surface area contributed by atoms with E-state index in [1.54, 1.807) is 0 Å². The Kier molecular flexibility index (Phi) is 5.27. The van der Waals surface area contributed by atoms with Crippen LogP contribution in [0.25, 0.3) is 0 Å². The molecule has 16 heavy (non-hydrogen) atoms. The van der Waals surface area contributed by atoms with Crippen molar-refractivity contribution in [3.63, 3.8) is 0 Å². The summed E-state index contributed by atoms with van der Waals surface area (Å²) < 4.78 is 0. The zero-order valence-corrected chi connectivity index (χ0v) is 10.7. The van der Waals surface area contributed by atoms with Crippen LogP contribution < -0.4 is 5.32 Å². The van der Waals surface area contributed by atoms with Crippen molar-refractivity contribution in [1.82, 2.24) is 10.2 Å². The molecule has 0 aromatic heterocycles. The molecule has 0 rings (SSSR count). The van der Waals surface area contributed by atoms with E-state index in [0.717, 1.165) is 6.42 Å². The Balaban J connectivity index is 4.03. The molecule has 0 aromatic rings. The van der Waals surface area contributed by atoms with Crippen molar-refractivity contribution in [3.05, 3.63) is 0 Å². The quantitative estimate of drug-likeness (QED) is 0.769. The van der Waals surface area contributed by atoms with Crippen molar-refractivity contribution in [2.24, 2.45) is 5.41 Å². The minimum Gasteiger partial charge on any atom is -0.480 e. The maximum atomic E-state index is 11.5. The largest absolute Gasteiger partial charge is 0.480 e. The number of rotatable bonds is 4. The first-order valence-corrected chi connectivity index (χ1v) is 5.38. The number of nitrogens with one attached hydrogen (secondary N) is 1. The molecule has 0 aliphatic heterocycles. The van der Waals surface area contributed by atoms with Crippen LogP contribution in [0.4, 0.5) is 4.79 Å². The SMILES string of the molecule is CC(C(=O)O)N(C)C(=O)NCCC(C)(C)C. The van der Waals surface area contributed by atoms with Crippen LogP contribution in [0.5, 0.6) is 0 Å². The number of hydrogen-bond donors (Lipinski definition) is 2. The molecule has 0 aromatic carbocycles. The van der Waals surface area contributed by atoms with Crippen LogP contribution in [0, 0.1) is 5.41 Å². The molecule has 0 heterocycles. The van der Waals surface area contributed by atoms with Gasteiger partial charge in [-0.2, -0.15) is 0 Å². The first-order chi connectivity index (χ1) is 7.15. The monoisotopic (exact) mass is 230 g/mol. The van der Waals surface area contributed by atoms with Crippen molar-refractivity contribution in [2.45, 2.75) is 40.2 Å². The maximum Gasteiger partial charge on any atom is 0.326 e. The van der Waals surface area contributed by atoms with Gasteiger partial charge in [0.25, 0.3) is 0 Å². The van der Waals surface area contributed by atoms with Crippen molar-refractivity contribution < 1.29 is 14.7 Å². The van der Waals surface area contributed by atoms with Gasteiger partial charge >= 0.3 is 12.0 Å². The summed E-state index contributed by atoms with van der Waals surface area (Å²) in [5.41, 5.74) is 0.157. The Labute approximate surface area is 96.8 Å². The molecule has 0 aliphatic carbocycles. The zero-order valence-electron chi connectivity index (χ0n) is 10.7.